The Hall–Kier alpha value is -1.77. The first-order valence-corrected chi connectivity index (χ1v) is 11.0. The van der Waals surface area contributed by atoms with Crippen molar-refractivity contribution >= 4 is 10.0 Å². The highest BCUT2D eigenvalue weighted by Crippen LogP contribution is 2.33. The van der Waals surface area contributed by atoms with E-state index in [0.29, 0.717) is 35.7 Å². The molecular formula is C19H25N3O4S. The quantitative estimate of drug-likeness (QED) is 0.796. The van der Waals surface area contributed by atoms with Crippen molar-refractivity contribution in [1.29, 1.82) is 0 Å². The highest BCUT2D eigenvalue weighted by atomic mass is 32.2. The zero-order valence-corrected chi connectivity index (χ0v) is 16.3. The van der Waals surface area contributed by atoms with E-state index in [4.69, 9.17) is 9.15 Å². The first-order chi connectivity index (χ1) is 13.0. The van der Waals surface area contributed by atoms with Gasteiger partial charge in [-0.15, -0.1) is 10.2 Å². The van der Waals surface area contributed by atoms with Crippen LogP contribution in [0.25, 0.3) is 0 Å². The first kappa shape index (κ1) is 18.6. The van der Waals surface area contributed by atoms with Gasteiger partial charge in [0.1, 0.15) is 6.10 Å². The molecule has 146 valence electrons. The molecular weight excluding hydrogens is 366 g/mol. The standard InChI is InChI=1S/C19H25N3O4S/c1-14-20-21-19(26-14)18-13-22(11-12-25-18)27(23,24)17-9-7-16(8-10-17)15-5-3-2-4-6-15/h7-10,15,18H,2-6,11-13H2,1H3. The maximum atomic E-state index is 13.1. The van der Waals surface area contributed by atoms with Gasteiger partial charge in [0, 0.05) is 20.0 Å². The van der Waals surface area contributed by atoms with Crippen LogP contribution >= 0.6 is 0 Å². The van der Waals surface area contributed by atoms with E-state index in [1.54, 1.807) is 19.1 Å². The molecule has 2 fully saturated rings. The number of morpholine rings is 1. The van der Waals surface area contributed by atoms with Gasteiger partial charge in [0.2, 0.25) is 21.8 Å². The molecule has 0 bridgehead atoms. The molecule has 1 unspecified atom stereocenters. The Morgan fingerprint density at radius 1 is 1.07 bits per heavy atom. The van der Waals surface area contributed by atoms with Crippen LogP contribution in [0.15, 0.2) is 33.6 Å². The highest BCUT2D eigenvalue weighted by molar-refractivity contribution is 7.89. The molecule has 2 aliphatic rings. The van der Waals surface area contributed by atoms with Crippen molar-refractivity contribution in [2.75, 3.05) is 19.7 Å². The van der Waals surface area contributed by atoms with Crippen LogP contribution in [0.2, 0.25) is 0 Å². The number of aromatic nitrogens is 2. The molecule has 1 saturated heterocycles. The lowest BCUT2D eigenvalue weighted by atomic mass is 9.84. The third kappa shape index (κ3) is 3.93. The minimum Gasteiger partial charge on any atom is -0.423 e. The lowest BCUT2D eigenvalue weighted by molar-refractivity contribution is -0.0176. The lowest BCUT2D eigenvalue weighted by Gasteiger charge is -2.30. The fourth-order valence-corrected chi connectivity index (χ4v) is 5.36. The van der Waals surface area contributed by atoms with Crippen molar-refractivity contribution in [2.45, 2.75) is 55.9 Å². The summed E-state index contributed by atoms with van der Waals surface area (Å²) in [6.07, 6.45) is 5.68. The molecule has 2 aromatic rings. The molecule has 1 aromatic carbocycles. The van der Waals surface area contributed by atoms with Gasteiger partial charge in [-0.05, 0) is 36.5 Å². The van der Waals surface area contributed by atoms with Crippen LogP contribution in [0.3, 0.4) is 0 Å². The average Bonchev–Trinajstić information content (AvgIpc) is 3.15. The summed E-state index contributed by atoms with van der Waals surface area (Å²) in [5, 5.41) is 7.76. The van der Waals surface area contributed by atoms with Crippen LogP contribution in [-0.4, -0.2) is 42.6 Å². The molecule has 27 heavy (non-hydrogen) atoms. The second-order valence-corrected chi connectivity index (χ2v) is 9.22. The number of sulfonamides is 1. The molecule has 0 amide bonds. The van der Waals surface area contributed by atoms with Crippen LogP contribution in [0.4, 0.5) is 0 Å². The van der Waals surface area contributed by atoms with Gasteiger partial charge >= 0.3 is 0 Å². The van der Waals surface area contributed by atoms with Gasteiger partial charge in [0.05, 0.1) is 11.5 Å². The van der Waals surface area contributed by atoms with Crippen molar-refractivity contribution < 1.29 is 17.6 Å². The van der Waals surface area contributed by atoms with Crippen LogP contribution < -0.4 is 0 Å². The largest absolute Gasteiger partial charge is 0.423 e. The molecule has 0 N–H and O–H groups in total. The Bertz CT molecular complexity index is 873. The van der Waals surface area contributed by atoms with E-state index in [1.807, 2.05) is 12.1 Å². The molecule has 7 nitrogen and oxygen atoms in total. The van der Waals surface area contributed by atoms with E-state index < -0.39 is 16.1 Å². The van der Waals surface area contributed by atoms with E-state index in [0.717, 1.165) is 0 Å². The maximum Gasteiger partial charge on any atom is 0.246 e. The highest BCUT2D eigenvalue weighted by Gasteiger charge is 2.34. The summed E-state index contributed by atoms with van der Waals surface area (Å²) in [5.41, 5.74) is 1.25. The molecule has 1 atom stereocenters. The number of hydrogen-bond donors (Lipinski definition) is 0. The van der Waals surface area contributed by atoms with Crippen molar-refractivity contribution in [1.82, 2.24) is 14.5 Å². The van der Waals surface area contributed by atoms with E-state index in [1.165, 1.54) is 42.0 Å². The molecule has 2 heterocycles. The Balaban J connectivity index is 1.50. The normalized spacial score (nSPS) is 22.8. The van der Waals surface area contributed by atoms with E-state index >= 15 is 0 Å². The topological polar surface area (TPSA) is 85.5 Å². The zero-order valence-electron chi connectivity index (χ0n) is 15.5. The summed E-state index contributed by atoms with van der Waals surface area (Å²) in [6.45, 7) is 2.48. The van der Waals surface area contributed by atoms with Gasteiger partial charge in [-0.3, -0.25) is 0 Å². The third-order valence-corrected chi connectivity index (χ3v) is 7.32. The summed E-state index contributed by atoms with van der Waals surface area (Å²) < 4.78 is 38.6. The number of aryl methyl sites for hydroxylation is 1. The molecule has 1 aliphatic heterocycles. The summed E-state index contributed by atoms with van der Waals surface area (Å²) >= 11 is 0. The van der Waals surface area contributed by atoms with Gasteiger partial charge in [0.25, 0.3) is 0 Å². The Kier molecular flexibility index (Phi) is 5.29. The number of rotatable bonds is 4. The van der Waals surface area contributed by atoms with Crippen molar-refractivity contribution in [2.24, 2.45) is 0 Å². The fraction of sp³-hybridized carbons (Fsp3) is 0.579. The Morgan fingerprint density at radius 2 is 1.81 bits per heavy atom. The second-order valence-electron chi connectivity index (χ2n) is 7.29. The van der Waals surface area contributed by atoms with Gasteiger partial charge < -0.3 is 9.15 Å². The molecule has 4 rings (SSSR count). The van der Waals surface area contributed by atoms with Crippen LogP contribution in [0.5, 0.6) is 0 Å². The molecule has 1 saturated carbocycles. The van der Waals surface area contributed by atoms with Crippen molar-refractivity contribution in [3.8, 4) is 0 Å². The maximum absolute atomic E-state index is 13.1. The van der Waals surface area contributed by atoms with E-state index in [-0.39, 0.29) is 6.54 Å². The summed E-state index contributed by atoms with van der Waals surface area (Å²) in [6, 6.07) is 7.42. The predicted molar refractivity (Wildman–Crippen MR) is 98.8 cm³/mol. The summed E-state index contributed by atoms with van der Waals surface area (Å²) in [7, 11) is -3.58. The van der Waals surface area contributed by atoms with E-state index in [2.05, 4.69) is 10.2 Å². The van der Waals surface area contributed by atoms with Crippen LogP contribution in [-0.2, 0) is 14.8 Å². The third-order valence-electron chi connectivity index (χ3n) is 5.44. The summed E-state index contributed by atoms with van der Waals surface area (Å²) in [5.74, 6) is 1.32. The van der Waals surface area contributed by atoms with Crippen molar-refractivity contribution in [3.05, 3.63) is 41.6 Å². The molecule has 0 radical (unpaired) electrons. The number of hydrogen-bond acceptors (Lipinski definition) is 6. The first-order valence-electron chi connectivity index (χ1n) is 9.56. The lowest BCUT2D eigenvalue weighted by Crippen LogP contribution is -2.42. The minimum atomic E-state index is -3.58. The number of ether oxygens (including phenoxy) is 1. The Morgan fingerprint density at radius 3 is 2.48 bits per heavy atom. The molecule has 1 aromatic heterocycles. The number of benzene rings is 1. The predicted octanol–water partition coefficient (Wildman–Crippen LogP) is 3.19. The van der Waals surface area contributed by atoms with Crippen LogP contribution in [0.1, 0.15) is 61.5 Å². The second kappa shape index (κ2) is 7.69. The molecule has 8 heteroatoms. The number of nitrogens with zero attached hydrogens (tertiary/aromatic N) is 3. The SMILES string of the molecule is Cc1nnc(C2CN(S(=O)(=O)c3ccc(C4CCCCC4)cc3)CCO2)o1. The molecule has 1 aliphatic carbocycles. The zero-order chi connectivity index (χ0) is 18.9. The Labute approximate surface area is 159 Å². The van der Waals surface area contributed by atoms with Gasteiger partial charge in [-0.1, -0.05) is 31.4 Å². The smallest absolute Gasteiger partial charge is 0.246 e. The fourth-order valence-electron chi connectivity index (χ4n) is 3.93. The van der Waals surface area contributed by atoms with Gasteiger partial charge in [0.15, 0.2) is 0 Å². The van der Waals surface area contributed by atoms with Crippen LogP contribution in [0, 0.1) is 6.92 Å². The summed E-state index contributed by atoms with van der Waals surface area (Å²) in [4.78, 5) is 0.324. The monoisotopic (exact) mass is 391 g/mol. The van der Waals surface area contributed by atoms with Gasteiger partial charge in [-0.25, -0.2) is 8.42 Å². The van der Waals surface area contributed by atoms with Gasteiger partial charge in [-0.2, -0.15) is 4.31 Å². The molecule has 0 spiro atoms. The minimum absolute atomic E-state index is 0.175. The van der Waals surface area contributed by atoms with Crippen molar-refractivity contribution in [3.63, 3.8) is 0 Å². The van der Waals surface area contributed by atoms with E-state index in [9.17, 15) is 8.42 Å². The average molecular weight is 391 g/mol.